The molecule has 2 N–H and O–H groups in total. The second-order valence-electron chi connectivity index (χ2n) is 4.23. The van der Waals surface area contributed by atoms with Crippen LogP contribution in [0.25, 0.3) is 10.8 Å². The molecule has 0 unspecified atom stereocenters. The van der Waals surface area contributed by atoms with Crippen molar-refractivity contribution in [2.45, 2.75) is 12.8 Å². The first-order chi connectivity index (χ1) is 8.18. The predicted molar refractivity (Wildman–Crippen MR) is 68.6 cm³/mol. The molecule has 0 bridgehead atoms. The molecule has 2 aromatic rings. The van der Waals surface area contributed by atoms with E-state index in [0.717, 1.165) is 11.1 Å². The summed E-state index contributed by atoms with van der Waals surface area (Å²) in [6, 6.07) is 7.30. The van der Waals surface area contributed by atoms with Gasteiger partial charge < -0.3 is 10.2 Å². The first kappa shape index (κ1) is 10.5. The van der Waals surface area contributed by atoms with Crippen LogP contribution in [0, 0.1) is 0 Å². The predicted octanol–water partition coefficient (Wildman–Crippen LogP) is 3.47. The molecule has 0 saturated carbocycles. The van der Waals surface area contributed by atoms with Crippen LogP contribution in [0.15, 0.2) is 35.4 Å². The Bertz CT molecular complexity index is 644. The van der Waals surface area contributed by atoms with E-state index in [0.29, 0.717) is 28.6 Å². The Kier molecular flexibility index (Phi) is 2.26. The fraction of sp³-hybridized carbons (Fsp3) is 0.143. The summed E-state index contributed by atoms with van der Waals surface area (Å²) in [4.78, 5) is 0. The minimum absolute atomic E-state index is 0.236. The van der Waals surface area contributed by atoms with Crippen molar-refractivity contribution in [1.29, 1.82) is 0 Å². The average molecular weight is 247 g/mol. The summed E-state index contributed by atoms with van der Waals surface area (Å²) in [6.45, 7) is 0. The average Bonchev–Trinajstić information content (AvgIpc) is 2.36. The standard InChI is InChI=1S/C14H11ClO2/c15-8-5-6-11-12(7-8)14(17)10-4-2-1-3-9(10)13(11)16/h1-5,16-17H,6-7H2. The molecule has 86 valence electrons. The van der Waals surface area contributed by atoms with Crippen LogP contribution in [0.5, 0.6) is 11.5 Å². The Balaban J connectivity index is 2.40. The second kappa shape index (κ2) is 3.67. The Morgan fingerprint density at radius 3 is 2.18 bits per heavy atom. The number of phenols is 2. The Labute approximate surface area is 104 Å². The van der Waals surface area contributed by atoms with Gasteiger partial charge in [0.05, 0.1) is 0 Å². The molecule has 3 rings (SSSR count). The van der Waals surface area contributed by atoms with Crippen molar-refractivity contribution < 1.29 is 10.2 Å². The molecular weight excluding hydrogens is 236 g/mol. The zero-order chi connectivity index (χ0) is 12.0. The smallest absolute Gasteiger partial charge is 0.127 e. The highest BCUT2D eigenvalue weighted by Crippen LogP contribution is 2.42. The Hall–Kier alpha value is -1.67. The van der Waals surface area contributed by atoms with Crippen molar-refractivity contribution in [3.63, 3.8) is 0 Å². The number of rotatable bonds is 0. The van der Waals surface area contributed by atoms with Crippen LogP contribution >= 0.6 is 11.6 Å². The fourth-order valence-corrected chi connectivity index (χ4v) is 2.58. The summed E-state index contributed by atoms with van der Waals surface area (Å²) >= 11 is 5.99. The van der Waals surface area contributed by atoms with Crippen molar-refractivity contribution in [1.82, 2.24) is 0 Å². The van der Waals surface area contributed by atoms with Gasteiger partial charge in [-0.05, 0) is 6.42 Å². The summed E-state index contributed by atoms with van der Waals surface area (Å²) < 4.78 is 0. The molecule has 1 aliphatic rings. The van der Waals surface area contributed by atoms with Gasteiger partial charge in [-0.3, -0.25) is 0 Å². The van der Waals surface area contributed by atoms with Crippen LogP contribution in [-0.2, 0) is 12.8 Å². The molecule has 2 aromatic carbocycles. The highest BCUT2D eigenvalue weighted by atomic mass is 35.5. The summed E-state index contributed by atoms with van der Waals surface area (Å²) in [5.74, 6) is 0.494. The number of hydrogen-bond donors (Lipinski definition) is 2. The van der Waals surface area contributed by atoms with Crippen molar-refractivity contribution in [3.05, 3.63) is 46.5 Å². The maximum absolute atomic E-state index is 10.2. The molecule has 0 aliphatic heterocycles. The zero-order valence-electron chi connectivity index (χ0n) is 9.07. The Morgan fingerprint density at radius 1 is 0.941 bits per heavy atom. The molecule has 0 amide bonds. The van der Waals surface area contributed by atoms with Gasteiger partial charge in [0.1, 0.15) is 11.5 Å². The third kappa shape index (κ3) is 1.48. The molecule has 17 heavy (non-hydrogen) atoms. The third-order valence-corrected chi connectivity index (χ3v) is 3.53. The van der Waals surface area contributed by atoms with E-state index in [4.69, 9.17) is 11.6 Å². The summed E-state index contributed by atoms with van der Waals surface area (Å²) in [6.07, 6.45) is 2.93. The van der Waals surface area contributed by atoms with Gasteiger partial charge in [-0.2, -0.15) is 0 Å². The van der Waals surface area contributed by atoms with E-state index < -0.39 is 0 Å². The second-order valence-corrected chi connectivity index (χ2v) is 4.72. The number of phenolic OH excluding ortho intramolecular Hbond substituents is 2. The minimum atomic E-state index is 0.236. The molecule has 0 spiro atoms. The number of hydrogen-bond acceptors (Lipinski definition) is 2. The number of aromatic hydroxyl groups is 2. The van der Waals surface area contributed by atoms with E-state index in [1.807, 2.05) is 24.3 Å². The van der Waals surface area contributed by atoms with Gasteiger partial charge in [-0.1, -0.05) is 41.9 Å². The number of allylic oxidation sites excluding steroid dienone is 2. The molecule has 0 aromatic heterocycles. The number of benzene rings is 2. The van der Waals surface area contributed by atoms with Gasteiger partial charge >= 0.3 is 0 Å². The molecule has 0 saturated heterocycles. The molecule has 2 nitrogen and oxygen atoms in total. The topological polar surface area (TPSA) is 40.5 Å². The first-order valence-corrected chi connectivity index (χ1v) is 5.85. The fourth-order valence-electron chi connectivity index (χ4n) is 2.37. The maximum Gasteiger partial charge on any atom is 0.127 e. The van der Waals surface area contributed by atoms with Crippen LogP contribution < -0.4 is 0 Å². The van der Waals surface area contributed by atoms with Crippen LogP contribution in [0.4, 0.5) is 0 Å². The zero-order valence-corrected chi connectivity index (χ0v) is 9.83. The molecule has 0 heterocycles. The third-order valence-electron chi connectivity index (χ3n) is 3.25. The summed E-state index contributed by atoms with van der Waals surface area (Å²) in [7, 11) is 0. The first-order valence-electron chi connectivity index (χ1n) is 5.47. The normalized spacial score (nSPS) is 14.5. The molecule has 0 atom stereocenters. The summed E-state index contributed by atoms with van der Waals surface area (Å²) in [5.41, 5.74) is 1.53. The lowest BCUT2D eigenvalue weighted by Crippen LogP contribution is -2.02. The molecule has 3 heteroatoms. The SMILES string of the molecule is Oc1c2c(c(O)c3ccccc13)CC(Cl)=CC2. The number of fused-ring (bicyclic) bond motifs is 2. The van der Waals surface area contributed by atoms with E-state index in [1.165, 1.54) is 0 Å². The van der Waals surface area contributed by atoms with Gasteiger partial charge in [0.25, 0.3) is 0 Å². The molecule has 0 fully saturated rings. The molecule has 0 radical (unpaired) electrons. The van der Waals surface area contributed by atoms with Gasteiger partial charge in [0.2, 0.25) is 0 Å². The summed E-state index contributed by atoms with van der Waals surface area (Å²) in [5, 5.41) is 22.5. The van der Waals surface area contributed by atoms with E-state index >= 15 is 0 Å². The van der Waals surface area contributed by atoms with E-state index in [9.17, 15) is 10.2 Å². The van der Waals surface area contributed by atoms with Crippen molar-refractivity contribution in [2.75, 3.05) is 0 Å². The van der Waals surface area contributed by atoms with E-state index in [-0.39, 0.29) is 11.5 Å². The lowest BCUT2D eigenvalue weighted by atomic mass is 9.91. The van der Waals surface area contributed by atoms with E-state index in [1.54, 1.807) is 6.07 Å². The van der Waals surface area contributed by atoms with Crippen molar-refractivity contribution in [3.8, 4) is 11.5 Å². The van der Waals surface area contributed by atoms with Gasteiger partial charge in [-0.15, -0.1) is 0 Å². The van der Waals surface area contributed by atoms with Crippen molar-refractivity contribution >= 4 is 22.4 Å². The largest absolute Gasteiger partial charge is 0.507 e. The Morgan fingerprint density at radius 2 is 1.53 bits per heavy atom. The number of halogens is 1. The monoisotopic (exact) mass is 246 g/mol. The van der Waals surface area contributed by atoms with Crippen LogP contribution in [0.1, 0.15) is 11.1 Å². The quantitative estimate of drug-likeness (QED) is 0.699. The van der Waals surface area contributed by atoms with Gasteiger partial charge in [0, 0.05) is 33.4 Å². The molecule has 1 aliphatic carbocycles. The maximum atomic E-state index is 10.2. The molecular formula is C14H11ClO2. The minimum Gasteiger partial charge on any atom is -0.507 e. The lowest BCUT2D eigenvalue weighted by molar-refractivity contribution is 0.459. The lowest BCUT2D eigenvalue weighted by Gasteiger charge is -2.18. The van der Waals surface area contributed by atoms with Gasteiger partial charge in [-0.25, -0.2) is 0 Å². The van der Waals surface area contributed by atoms with Crippen LogP contribution in [0.3, 0.4) is 0 Å². The van der Waals surface area contributed by atoms with E-state index in [2.05, 4.69) is 0 Å². The van der Waals surface area contributed by atoms with Crippen molar-refractivity contribution in [2.24, 2.45) is 0 Å². The van der Waals surface area contributed by atoms with Gasteiger partial charge in [0.15, 0.2) is 0 Å². The van der Waals surface area contributed by atoms with Crippen LogP contribution in [0.2, 0.25) is 0 Å². The highest BCUT2D eigenvalue weighted by molar-refractivity contribution is 6.30. The highest BCUT2D eigenvalue weighted by Gasteiger charge is 2.21. The van der Waals surface area contributed by atoms with Crippen LogP contribution in [-0.4, -0.2) is 10.2 Å².